The number of hydrogen-bond donors (Lipinski definition) is 1. The molecule has 1 aliphatic carbocycles. The Bertz CT molecular complexity index is 450. The Kier molecular flexibility index (Phi) is 3.03. The molecular weight excluding hydrogens is 217 g/mol. The van der Waals surface area contributed by atoms with Crippen LogP contribution in [0.5, 0.6) is 0 Å². The zero-order valence-corrected chi connectivity index (χ0v) is 9.86. The van der Waals surface area contributed by atoms with Crippen LogP contribution < -0.4 is 10.6 Å². The maximum atomic E-state index is 13.6. The van der Waals surface area contributed by atoms with E-state index in [-0.39, 0.29) is 11.7 Å². The highest BCUT2D eigenvalue weighted by Crippen LogP contribution is 2.38. The topological polar surface area (TPSA) is 53.0 Å². The summed E-state index contributed by atoms with van der Waals surface area (Å²) in [6.45, 7) is 0.356. The number of nitrogens with two attached hydrogens (primary N) is 1. The van der Waals surface area contributed by atoms with Crippen molar-refractivity contribution in [3.63, 3.8) is 0 Å². The van der Waals surface area contributed by atoms with Gasteiger partial charge in [-0.2, -0.15) is 5.26 Å². The molecule has 1 fully saturated rings. The minimum Gasteiger partial charge on any atom is -0.369 e. The lowest BCUT2D eigenvalue weighted by Crippen LogP contribution is -2.50. The SMILES string of the molecule is CN(CC(N)(C#N)C1CC1)c1ccccc1F. The van der Waals surface area contributed by atoms with Crippen LogP contribution in [0.15, 0.2) is 24.3 Å². The summed E-state index contributed by atoms with van der Waals surface area (Å²) in [4.78, 5) is 1.72. The molecule has 0 heterocycles. The number of nitriles is 1. The van der Waals surface area contributed by atoms with E-state index in [1.165, 1.54) is 6.07 Å². The second-order valence-electron chi connectivity index (χ2n) is 4.73. The van der Waals surface area contributed by atoms with Crippen LogP contribution in [0, 0.1) is 23.1 Å². The predicted molar refractivity (Wildman–Crippen MR) is 64.9 cm³/mol. The summed E-state index contributed by atoms with van der Waals surface area (Å²) in [7, 11) is 1.76. The third kappa shape index (κ3) is 2.40. The zero-order chi connectivity index (χ0) is 12.5. The number of para-hydroxylation sites is 1. The van der Waals surface area contributed by atoms with Crippen LogP contribution in [0.1, 0.15) is 12.8 Å². The molecule has 2 N–H and O–H groups in total. The summed E-state index contributed by atoms with van der Waals surface area (Å²) < 4.78 is 13.6. The number of likely N-dealkylation sites (N-methyl/N-ethyl adjacent to an activating group) is 1. The van der Waals surface area contributed by atoms with Crippen LogP contribution in [0.3, 0.4) is 0 Å². The van der Waals surface area contributed by atoms with Crippen LogP contribution in [-0.4, -0.2) is 19.1 Å². The van der Waals surface area contributed by atoms with E-state index in [0.717, 1.165) is 12.8 Å². The van der Waals surface area contributed by atoms with E-state index in [1.54, 1.807) is 30.1 Å². The van der Waals surface area contributed by atoms with Crippen molar-refractivity contribution in [1.29, 1.82) is 5.26 Å². The largest absolute Gasteiger partial charge is 0.369 e. The van der Waals surface area contributed by atoms with Gasteiger partial charge in [-0.05, 0) is 30.9 Å². The summed E-state index contributed by atoms with van der Waals surface area (Å²) >= 11 is 0. The molecule has 0 spiro atoms. The summed E-state index contributed by atoms with van der Waals surface area (Å²) in [5, 5.41) is 9.17. The number of anilines is 1. The van der Waals surface area contributed by atoms with Crippen LogP contribution in [0.25, 0.3) is 0 Å². The fraction of sp³-hybridized carbons (Fsp3) is 0.462. The second-order valence-corrected chi connectivity index (χ2v) is 4.73. The smallest absolute Gasteiger partial charge is 0.146 e. The quantitative estimate of drug-likeness (QED) is 0.864. The van der Waals surface area contributed by atoms with Gasteiger partial charge >= 0.3 is 0 Å². The van der Waals surface area contributed by atoms with Gasteiger partial charge in [0, 0.05) is 13.6 Å². The summed E-state index contributed by atoms with van der Waals surface area (Å²) in [5.41, 5.74) is 5.69. The van der Waals surface area contributed by atoms with E-state index in [4.69, 9.17) is 11.0 Å². The van der Waals surface area contributed by atoms with Crippen molar-refractivity contribution in [1.82, 2.24) is 0 Å². The molecule has 3 nitrogen and oxygen atoms in total. The van der Waals surface area contributed by atoms with E-state index in [9.17, 15) is 4.39 Å². The van der Waals surface area contributed by atoms with Gasteiger partial charge in [-0.25, -0.2) is 4.39 Å². The third-order valence-corrected chi connectivity index (χ3v) is 3.28. The Morgan fingerprint density at radius 3 is 2.71 bits per heavy atom. The molecule has 0 radical (unpaired) electrons. The molecule has 4 heteroatoms. The van der Waals surface area contributed by atoms with Gasteiger partial charge in [-0.1, -0.05) is 12.1 Å². The highest BCUT2D eigenvalue weighted by molar-refractivity contribution is 5.47. The fourth-order valence-electron chi connectivity index (χ4n) is 2.09. The van der Waals surface area contributed by atoms with Crippen LogP contribution in [0.2, 0.25) is 0 Å². The van der Waals surface area contributed by atoms with Crippen LogP contribution in [-0.2, 0) is 0 Å². The molecule has 0 bridgehead atoms. The van der Waals surface area contributed by atoms with Gasteiger partial charge in [0.2, 0.25) is 0 Å². The van der Waals surface area contributed by atoms with Gasteiger partial charge in [0.1, 0.15) is 11.4 Å². The molecule has 1 aromatic rings. The van der Waals surface area contributed by atoms with Crippen molar-refractivity contribution in [3.05, 3.63) is 30.1 Å². The number of benzene rings is 1. The number of rotatable bonds is 4. The molecule has 2 rings (SSSR count). The number of hydrogen-bond acceptors (Lipinski definition) is 3. The summed E-state index contributed by atoms with van der Waals surface area (Å²) in [6.07, 6.45) is 1.99. The monoisotopic (exact) mass is 233 g/mol. The predicted octanol–water partition coefficient (Wildman–Crippen LogP) is 1.89. The van der Waals surface area contributed by atoms with Crippen LogP contribution in [0.4, 0.5) is 10.1 Å². The fourth-order valence-corrected chi connectivity index (χ4v) is 2.09. The van der Waals surface area contributed by atoms with Gasteiger partial charge in [-0.3, -0.25) is 0 Å². The highest BCUT2D eigenvalue weighted by Gasteiger charge is 2.43. The van der Waals surface area contributed by atoms with E-state index >= 15 is 0 Å². The maximum Gasteiger partial charge on any atom is 0.146 e. The summed E-state index contributed by atoms with van der Waals surface area (Å²) in [6, 6.07) is 8.70. The Balaban J connectivity index is 2.14. The first-order valence-corrected chi connectivity index (χ1v) is 5.72. The van der Waals surface area contributed by atoms with Crippen molar-refractivity contribution < 1.29 is 4.39 Å². The average Bonchev–Trinajstić information content (AvgIpc) is 3.13. The minimum absolute atomic E-state index is 0.252. The Labute approximate surface area is 101 Å². The average molecular weight is 233 g/mol. The molecule has 0 aliphatic heterocycles. The molecule has 1 aliphatic rings. The number of halogens is 1. The molecule has 1 unspecified atom stereocenters. The first kappa shape index (κ1) is 11.9. The van der Waals surface area contributed by atoms with Gasteiger partial charge in [0.05, 0.1) is 11.8 Å². The van der Waals surface area contributed by atoms with Crippen LogP contribution >= 0.6 is 0 Å². The Morgan fingerprint density at radius 2 is 2.18 bits per heavy atom. The van der Waals surface area contributed by atoms with E-state index in [2.05, 4.69) is 6.07 Å². The van der Waals surface area contributed by atoms with Gasteiger partial charge in [0.25, 0.3) is 0 Å². The minimum atomic E-state index is -0.864. The third-order valence-electron chi connectivity index (χ3n) is 3.28. The maximum absolute atomic E-state index is 13.6. The van der Waals surface area contributed by atoms with Crippen molar-refractivity contribution in [2.75, 3.05) is 18.5 Å². The molecule has 1 atom stereocenters. The summed E-state index contributed by atoms with van der Waals surface area (Å²) in [5.74, 6) is -0.0344. The van der Waals surface area contributed by atoms with E-state index in [0.29, 0.717) is 12.2 Å². The number of nitrogens with zero attached hydrogens (tertiary/aromatic N) is 2. The second kappa shape index (κ2) is 4.34. The van der Waals surface area contributed by atoms with Crippen molar-refractivity contribution in [3.8, 4) is 6.07 Å². The van der Waals surface area contributed by atoms with Gasteiger partial charge in [0.15, 0.2) is 0 Å². The zero-order valence-electron chi connectivity index (χ0n) is 9.86. The van der Waals surface area contributed by atoms with Crippen molar-refractivity contribution >= 4 is 5.69 Å². The molecule has 0 amide bonds. The standard InChI is InChI=1S/C13H16FN3/c1-17(12-5-3-2-4-11(12)14)9-13(16,8-15)10-6-7-10/h2-5,10H,6-7,9,16H2,1H3. The lowest BCUT2D eigenvalue weighted by Gasteiger charge is -2.29. The van der Waals surface area contributed by atoms with Gasteiger partial charge < -0.3 is 10.6 Å². The Hall–Kier alpha value is -1.60. The van der Waals surface area contributed by atoms with Crippen molar-refractivity contribution in [2.45, 2.75) is 18.4 Å². The first-order chi connectivity index (χ1) is 8.07. The Morgan fingerprint density at radius 1 is 1.53 bits per heavy atom. The van der Waals surface area contributed by atoms with E-state index < -0.39 is 5.54 Å². The molecular formula is C13H16FN3. The highest BCUT2D eigenvalue weighted by atomic mass is 19.1. The molecule has 1 saturated carbocycles. The normalized spacial score (nSPS) is 18.2. The van der Waals surface area contributed by atoms with E-state index in [1.807, 2.05) is 0 Å². The lowest BCUT2D eigenvalue weighted by molar-refractivity contribution is 0.473. The van der Waals surface area contributed by atoms with Crippen molar-refractivity contribution in [2.24, 2.45) is 11.7 Å². The molecule has 0 aromatic heterocycles. The first-order valence-electron chi connectivity index (χ1n) is 5.72. The lowest BCUT2D eigenvalue weighted by atomic mass is 9.95. The molecule has 1 aromatic carbocycles. The molecule has 17 heavy (non-hydrogen) atoms. The molecule has 0 saturated heterocycles. The van der Waals surface area contributed by atoms with Gasteiger partial charge in [-0.15, -0.1) is 0 Å². The molecule has 90 valence electrons.